The Bertz CT molecular complexity index is 1250. The minimum atomic E-state index is -0.764. The van der Waals surface area contributed by atoms with Gasteiger partial charge in [-0.2, -0.15) is 0 Å². The highest BCUT2D eigenvalue weighted by Gasteiger charge is 2.59. The first-order valence-corrected chi connectivity index (χ1v) is 10.9. The van der Waals surface area contributed by atoms with Crippen LogP contribution in [0.1, 0.15) is 32.7 Å². The van der Waals surface area contributed by atoms with E-state index in [0.717, 1.165) is 12.5 Å². The molecule has 2 aromatic rings. The third kappa shape index (κ3) is 3.40. The number of hydrogen-bond acceptors (Lipinski definition) is 7. The van der Waals surface area contributed by atoms with E-state index >= 15 is 0 Å². The van der Waals surface area contributed by atoms with Crippen LogP contribution in [0.5, 0.6) is 0 Å². The van der Waals surface area contributed by atoms with Gasteiger partial charge in [0, 0.05) is 17.2 Å². The van der Waals surface area contributed by atoms with E-state index in [0.29, 0.717) is 11.3 Å². The predicted molar refractivity (Wildman–Crippen MR) is 119 cm³/mol. The molecule has 2 aromatic carbocycles. The van der Waals surface area contributed by atoms with Gasteiger partial charge in [0.05, 0.1) is 28.0 Å². The molecule has 34 heavy (non-hydrogen) atoms. The van der Waals surface area contributed by atoms with Crippen LogP contribution in [-0.4, -0.2) is 35.1 Å². The molecule has 3 aliphatic rings. The van der Waals surface area contributed by atoms with E-state index in [1.54, 1.807) is 6.92 Å². The summed E-state index contributed by atoms with van der Waals surface area (Å²) >= 11 is 0. The number of nitro benzene ring substituents is 1. The van der Waals surface area contributed by atoms with E-state index < -0.39 is 23.3 Å². The summed E-state index contributed by atoms with van der Waals surface area (Å²) in [6.45, 7) is 0.982. The molecule has 1 saturated carbocycles. The van der Waals surface area contributed by atoms with Crippen molar-refractivity contribution in [2.24, 2.45) is 23.7 Å². The summed E-state index contributed by atoms with van der Waals surface area (Å²) in [6.07, 6.45) is 4.89. The number of carbonyl (C=O) groups is 4. The van der Waals surface area contributed by atoms with Gasteiger partial charge in [0.1, 0.15) is 0 Å². The van der Waals surface area contributed by atoms with Crippen LogP contribution in [0.2, 0.25) is 0 Å². The smallest absolute Gasteiger partial charge is 0.338 e. The van der Waals surface area contributed by atoms with Gasteiger partial charge in [-0.3, -0.25) is 29.4 Å². The Morgan fingerprint density at radius 3 is 2.18 bits per heavy atom. The fraction of sp³-hybridized carbons (Fsp3) is 0.280. The van der Waals surface area contributed by atoms with Crippen LogP contribution >= 0.6 is 0 Å². The molecule has 0 spiro atoms. The first kappa shape index (κ1) is 21.7. The minimum Gasteiger partial charge on any atom is -0.454 e. The second-order valence-corrected chi connectivity index (χ2v) is 8.82. The standard InChI is InChI=1S/C25H20N2O7/c1-13-2-3-15(11-19(13)27(32)33)20(28)12-34-25(31)14-6-8-18(9-7-14)26-23(29)21-16-4-5-17(10-16)22(21)24(26)30/h2-9,11,16-17,21-22H,10,12H2,1H3/t16-,17-,21-,22+/m0/s1. The molecule has 1 aliphatic heterocycles. The van der Waals surface area contributed by atoms with Gasteiger partial charge >= 0.3 is 5.97 Å². The van der Waals surface area contributed by atoms with Crippen molar-refractivity contribution < 1.29 is 28.8 Å². The number of anilines is 1. The zero-order valence-electron chi connectivity index (χ0n) is 18.2. The van der Waals surface area contributed by atoms with Gasteiger partial charge in [0.25, 0.3) is 5.69 Å². The third-order valence-corrected chi connectivity index (χ3v) is 6.89. The molecular weight excluding hydrogens is 440 g/mol. The molecule has 2 amide bonds. The number of fused-ring (bicyclic) bond motifs is 5. The highest BCUT2D eigenvalue weighted by atomic mass is 16.6. The number of Topliss-reactive ketones (excluding diaryl/α,β-unsaturated/α-hetero) is 1. The first-order valence-electron chi connectivity index (χ1n) is 10.9. The van der Waals surface area contributed by atoms with Crippen LogP contribution in [0.4, 0.5) is 11.4 Å². The van der Waals surface area contributed by atoms with Crippen molar-refractivity contribution in [1.82, 2.24) is 0 Å². The predicted octanol–water partition coefficient (Wildman–Crippen LogP) is 3.25. The maximum Gasteiger partial charge on any atom is 0.338 e. The Morgan fingerprint density at radius 2 is 1.59 bits per heavy atom. The number of ether oxygens (including phenoxy) is 1. The molecule has 1 heterocycles. The van der Waals surface area contributed by atoms with Crippen LogP contribution < -0.4 is 4.90 Å². The number of hydrogen-bond donors (Lipinski definition) is 0. The monoisotopic (exact) mass is 460 g/mol. The number of rotatable bonds is 6. The first-order chi connectivity index (χ1) is 16.3. The van der Waals surface area contributed by atoms with Gasteiger partial charge in [0.15, 0.2) is 6.61 Å². The highest BCUT2D eigenvalue weighted by Crippen LogP contribution is 2.53. The van der Waals surface area contributed by atoms with Crippen molar-refractivity contribution >= 4 is 34.9 Å². The van der Waals surface area contributed by atoms with Crippen LogP contribution in [0.15, 0.2) is 54.6 Å². The largest absolute Gasteiger partial charge is 0.454 e. The van der Waals surface area contributed by atoms with Gasteiger partial charge in [-0.25, -0.2) is 4.79 Å². The molecule has 9 heteroatoms. The maximum absolute atomic E-state index is 12.9. The summed E-state index contributed by atoms with van der Waals surface area (Å²) in [5, 5.41) is 11.1. The van der Waals surface area contributed by atoms with E-state index in [4.69, 9.17) is 4.74 Å². The van der Waals surface area contributed by atoms with Crippen molar-refractivity contribution in [2.45, 2.75) is 13.3 Å². The number of nitrogens with zero attached hydrogens (tertiary/aromatic N) is 2. The van der Waals surface area contributed by atoms with Gasteiger partial charge in [-0.15, -0.1) is 0 Å². The molecule has 2 aliphatic carbocycles. The van der Waals surface area contributed by atoms with E-state index in [2.05, 4.69) is 0 Å². The van der Waals surface area contributed by atoms with Crippen LogP contribution in [0, 0.1) is 40.7 Å². The zero-order valence-corrected chi connectivity index (χ0v) is 18.2. The normalized spacial score (nSPS) is 24.4. The molecule has 4 atom stereocenters. The molecule has 172 valence electrons. The Hall–Kier alpha value is -4.14. The number of imide groups is 1. The number of nitro groups is 1. The zero-order chi connectivity index (χ0) is 24.1. The number of aryl methyl sites for hydroxylation is 1. The third-order valence-electron chi connectivity index (χ3n) is 6.89. The minimum absolute atomic E-state index is 0.0699. The molecule has 2 bridgehead atoms. The number of amides is 2. The quantitative estimate of drug-likeness (QED) is 0.162. The second-order valence-electron chi connectivity index (χ2n) is 8.82. The van der Waals surface area contributed by atoms with Crippen molar-refractivity contribution in [2.75, 3.05) is 11.5 Å². The number of benzene rings is 2. The molecule has 0 N–H and O–H groups in total. The molecule has 1 saturated heterocycles. The Labute approximate surface area is 194 Å². The van der Waals surface area contributed by atoms with Crippen LogP contribution in [-0.2, 0) is 14.3 Å². The van der Waals surface area contributed by atoms with E-state index in [9.17, 15) is 29.3 Å². The lowest BCUT2D eigenvalue weighted by Crippen LogP contribution is -2.32. The number of allylic oxidation sites excluding steroid dienone is 2. The van der Waals surface area contributed by atoms with Crippen molar-refractivity contribution in [3.8, 4) is 0 Å². The fourth-order valence-electron chi connectivity index (χ4n) is 5.18. The van der Waals surface area contributed by atoms with E-state index in [-0.39, 0.29) is 52.3 Å². The fourth-order valence-corrected chi connectivity index (χ4v) is 5.18. The Morgan fingerprint density at radius 1 is 1.00 bits per heavy atom. The summed E-state index contributed by atoms with van der Waals surface area (Å²) < 4.78 is 5.07. The van der Waals surface area contributed by atoms with Crippen molar-refractivity contribution in [1.29, 1.82) is 0 Å². The second kappa shape index (κ2) is 8.02. The van der Waals surface area contributed by atoms with Gasteiger partial charge in [-0.05, 0) is 49.4 Å². The molecule has 0 unspecified atom stereocenters. The molecular formula is C25H20N2O7. The lowest BCUT2D eigenvalue weighted by Gasteiger charge is -2.17. The maximum atomic E-state index is 12.9. The topological polar surface area (TPSA) is 124 Å². The van der Waals surface area contributed by atoms with Gasteiger partial charge < -0.3 is 4.74 Å². The molecule has 9 nitrogen and oxygen atoms in total. The number of ketones is 1. The average Bonchev–Trinajstić information content (AvgIpc) is 3.51. The molecule has 5 rings (SSSR count). The average molecular weight is 460 g/mol. The van der Waals surface area contributed by atoms with E-state index in [1.165, 1.54) is 41.3 Å². The summed E-state index contributed by atoms with van der Waals surface area (Å²) in [5.41, 5.74) is 0.837. The van der Waals surface area contributed by atoms with Gasteiger partial charge in [0.2, 0.25) is 17.6 Å². The van der Waals surface area contributed by atoms with Crippen LogP contribution in [0.25, 0.3) is 0 Å². The summed E-state index contributed by atoms with van der Waals surface area (Å²) in [6, 6.07) is 9.93. The lowest BCUT2D eigenvalue weighted by atomic mass is 9.85. The molecule has 2 fully saturated rings. The Kier molecular flexibility index (Phi) is 5.11. The highest BCUT2D eigenvalue weighted by molar-refractivity contribution is 6.22. The molecule has 0 aromatic heterocycles. The molecule has 0 radical (unpaired) electrons. The SMILES string of the molecule is Cc1ccc(C(=O)COC(=O)c2ccc(N3C(=O)[C@@H]4[C@H](C3=O)[C@H]3C=C[C@H]4C3)cc2)cc1[N+](=O)[O-]. The summed E-state index contributed by atoms with van der Waals surface area (Å²) in [7, 11) is 0. The van der Waals surface area contributed by atoms with E-state index in [1.807, 2.05) is 12.2 Å². The number of carbonyl (C=O) groups excluding carboxylic acids is 4. The van der Waals surface area contributed by atoms with Crippen molar-refractivity contribution in [3.05, 3.63) is 81.4 Å². The summed E-state index contributed by atoms with van der Waals surface area (Å²) in [4.78, 5) is 62.2. The number of esters is 1. The van der Waals surface area contributed by atoms with Gasteiger partial charge in [-0.1, -0.05) is 24.3 Å². The summed E-state index contributed by atoms with van der Waals surface area (Å²) in [5.74, 6) is -2.15. The van der Waals surface area contributed by atoms with Crippen LogP contribution in [0.3, 0.4) is 0 Å². The Balaban J connectivity index is 1.24. The lowest BCUT2D eigenvalue weighted by molar-refractivity contribution is -0.385. The van der Waals surface area contributed by atoms with Crippen molar-refractivity contribution in [3.63, 3.8) is 0 Å².